The number of benzene rings is 2. The first-order valence-corrected chi connectivity index (χ1v) is 6.82. The van der Waals surface area contributed by atoms with Gasteiger partial charge in [0.1, 0.15) is 5.75 Å². The third-order valence-electron chi connectivity index (χ3n) is 2.11. The van der Waals surface area contributed by atoms with Gasteiger partial charge in [0.2, 0.25) is 7.60 Å². The van der Waals surface area contributed by atoms with Crippen LogP contribution in [0.15, 0.2) is 54.6 Å². The van der Waals surface area contributed by atoms with E-state index in [9.17, 15) is 9.46 Å². The fraction of sp³-hybridized carbons (Fsp3) is 0. The van der Waals surface area contributed by atoms with Gasteiger partial charge in [-0.25, -0.2) is 0 Å². The maximum atomic E-state index is 11.9. The van der Waals surface area contributed by atoms with Gasteiger partial charge in [-0.15, -0.1) is 0 Å². The highest BCUT2D eigenvalue weighted by atomic mass is 35.5. The van der Waals surface area contributed by atoms with Crippen LogP contribution in [0.2, 0.25) is 5.02 Å². The molecule has 0 heterocycles. The lowest BCUT2D eigenvalue weighted by molar-refractivity contribution is -0.186. The first-order valence-electron chi connectivity index (χ1n) is 4.90. The monoisotopic (exact) mass is 267 g/mol. The summed E-state index contributed by atoms with van der Waals surface area (Å²) >= 11 is 5.70. The highest BCUT2D eigenvalue weighted by molar-refractivity contribution is 7.60. The second-order valence-electron chi connectivity index (χ2n) is 3.38. The molecule has 0 spiro atoms. The summed E-state index contributed by atoms with van der Waals surface area (Å²) in [4.78, 5) is 11.9. The van der Waals surface area contributed by atoms with E-state index in [0.29, 0.717) is 5.02 Å². The predicted molar refractivity (Wildman–Crippen MR) is 65.8 cm³/mol. The normalized spacial score (nSPS) is 14.0. The van der Waals surface area contributed by atoms with E-state index in [1.165, 1.54) is 24.3 Å². The Labute approximate surface area is 104 Å². The van der Waals surface area contributed by atoms with Crippen LogP contribution in [0, 0.1) is 0 Å². The largest absolute Gasteiger partial charge is 0.765 e. The van der Waals surface area contributed by atoms with Gasteiger partial charge in [0.25, 0.3) is 0 Å². The Morgan fingerprint density at radius 1 is 1.00 bits per heavy atom. The van der Waals surface area contributed by atoms with Gasteiger partial charge in [-0.05, 0) is 36.4 Å². The van der Waals surface area contributed by atoms with Crippen LogP contribution in [0.3, 0.4) is 0 Å². The van der Waals surface area contributed by atoms with Crippen LogP contribution in [0.25, 0.3) is 0 Å². The highest BCUT2D eigenvalue weighted by Gasteiger charge is 2.12. The fourth-order valence-electron chi connectivity index (χ4n) is 1.30. The van der Waals surface area contributed by atoms with Crippen LogP contribution in [-0.4, -0.2) is 0 Å². The Morgan fingerprint density at radius 3 is 2.18 bits per heavy atom. The molecule has 0 amide bonds. The highest BCUT2D eigenvalue weighted by Crippen LogP contribution is 2.37. The number of hydrogen-bond donors (Lipinski definition) is 0. The van der Waals surface area contributed by atoms with Crippen molar-refractivity contribution in [3.63, 3.8) is 0 Å². The molecule has 3 nitrogen and oxygen atoms in total. The third-order valence-corrected chi connectivity index (χ3v) is 3.75. The van der Waals surface area contributed by atoms with E-state index in [4.69, 9.17) is 16.1 Å². The molecule has 17 heavy (non-hydrogen) atoms. The van der Waals surface area contributed by atoms with E-state index >= 15 is 0 Å². The van der Waals surface area contributed by atoms with Gasteiger partial charge in [-0.2, -0.15) is 0 Å². The van der Waals surface area contributed by atoms with E-state index in [0.717, 1.165) is 0 Å². The van der Waals surface area contributed by atoms with Crippen molar-refractivity contribution in [2.75, 3.05) is 0 Å². The average molecular weight is 268 g/mol. The summed E-state index contributed by atoms with van der Waals surface area (Å²) < 4.78 is 16.8. The molecule has 0 saturated heterocycles. The SMILES string of the molecule is O=P([O-])(Oc1ccc(Cl)cc1)c1ccccc1. The molecular formula is C12H9ClO3P-. The Balaban J connectivity index is 2.23. The molecule has 1 unspecified atom stereocenters. The van der Waals surface area contributed by atoms with Crippen molar-refractivity contribution in [1.82, 2.24) is 0 Å². The zero-order valence-electron chi connectivity index (χ0n) is 8.75. The first kappa shape index (κ1) is 12.2. The first-order chi connectivity index (χ1) is 8.08. The standard InChI is InChI=1S/C12H10ClO3P/c13-10-6-8-11(9-7-10)16-17(14,15)12-4-2-1-3-5-12/h1-9H,(H,14,15)/p-1. The summed E-state index contributed by atoms with van der Waals surface area (Å²) in [7, 11) is -4.07. The van der Waals surface area contributed by atoms with Gasteiger partial charge in [-0.1, -0.05) is 29.8 Å². The van der Waals surface area contributed by atoms with Crippen molar-refractivity contribution in [2.45, 2.75) is 0 Å². The number of halogens is 1. The lowest BCUT2D eigenvalue weighted by Gasteiger charge is -2.24. The van der Waals surface area contributed by atoms with Crippen molar-refractivity contribution in [2.24, 2.45) is 0 Å². The van der Waals surface area contributed by atoms with Crippen molar-refractivity contribution in [3.8, 4) is 5.75 Å². The predicted octanol–water partition coefficient (Wildman–Crippen LogP) is 2.60. The minimum absolute atomic E-state index is 0.148. The summed E-state index contributed by atoms with van der Waals surface area (Å²) in [6.07, 6.45) is 0. The summed E-state index contributed by atoms with van der Waals surface area (Å²) in [5.74, 6) is 0.247. The van der Waals surface area contributed by atoms with Gasteiger partial charge in [0, 0.05) is 10.3 Å². The smallest absolute Gasteiger partial charge is 0.214 e. The maximum absolute atomic E-state index is 11.9. The van der Waals surface area contributed by atoms with Crippen LogP contribution in [-0.2, 0) is 4.57 Å². The molecule has 2 rings (SSSR count). The Hall–Kier alpha value is -1.28. The fourth-order valence-corrected chi connectivity index (χ4v) is 2.47. The molecule has 0 fully saturated rings. The van der Waals surface area contributed by atoms with Crippen LogP contribution in [0.5, 0.6) is 5.75 Å². The zero-order valence-corrected chi connectivity index (χ0v) is 10.4. The lowest BCUT2D eigenvalue weighted by atomic mass is 10.3. The minimum atomic E-state index is -4.07. The molecule has 0 radical (unpaired) electrons. The lowest BCUT2D eigenvalue weighted by Crippen LogP contribution is -2.19. The molecule has 5 heteroatoms. The van der Waals surface area contributed by atoms with Gasteiger partial charge in [-0.3, -0.25) is 4.57 Å². The summed E-state index contributed by atoms with van der Waals surface area (Å²) in [5.41, 5.74) is 0. The molecule has 88 valence electrons. The quantitative estimate of drug-likeness (QED) is 0.803. The summed E-state index contributed by atoms with van der Waals surface area (Å²) in [6.45, 7) is 0. The van der Waals surface area contributed by atoms with Gasteiger partial charge in [0.15, 0.2) is 0 Å². The van der Waals surface area contributed by atoms with Crippen LogP contribution < -0.4 is 14.7 Å². The molecule has 2 aromatic rings. The summed E-state index contributed by atoms with van der Waals surface area (Å²) in [5, 5.41) is 0.674. The minimum Gasteiger partial charge on any atom is -0.765 e. The van der Waals surface area contributed by atoms with Crippen LogP contribution >= 0.6 is 19.2 Å². The van der Waals surface area contributed by atoms with E-state index in [2.05, 4.69) is 0 Å². The number of rotatable bonds is 3. The molecule has 0 bridgehead atoms. The molecule has 1 atom stereocenters. The molecule has 0 aromatic heterocycles. The Kier molecular flexibility index (Phi) is 3.53. The molecule has 2 aromatic carbocycles. The van der Waals surface area contributed by atoms with Gasteiger partial charge < -0.3 is 9.42 Å². The molecule has 0 aliphatic carbocycles. The van der Waals surface area contributed by atoms with E-state index in [-0.39, 0.29) is 11.1 Å². The maximum Gasteiger partial charge on any atom is 0.214 e. The van der Waals surface area contributed by atoms with Crippen molar-refractivity contribution in [3.05, 3.63) is 59.6 Å². The van der Waals surface area contributed by atoms with E-state index < -0.39 is 7.60 Å². The van der Waals surface area contributed by atoms with Crippen LogP contribution in [0.4, 0.5) is 0 Å². The average Bonchev–Trinajstić information content (AvgIpc) is 2.33. The molecular weight excluding hydrogens is 259 g/mol. The Bertz CT molecular complexity index is 539. The molecule has 0 aliphatic rings. The summed E-state index contributed by atoms with van der Waals surface area (Å²) in [6, 6.07) is 14.2. The van der Waals surface area contributed by atoms with Crippen molar-refractivity contribution >= 4 is 24.5 Å². The second kappa shape index (κ2) is 4.92. The molecule has 0 N–H and O–H groups in total. The number of hydrogen-bond acceptors (Lipinski definition) is 3. The second-order valence-corrected chi connectivity index (χ2v) is 5.51. The zero-order chi connectivity index (χ0) is 12.3. The molecule has 0 aliphatic heterocycles. The van der Waals surface area contributed by atoms with Crippen LogP contribution in [0.1, 0.15) is 0 Å². The van der Waals surface area contributed by atoms with Crippen molar-refractivity contribution in [1.29, 1.82) is 0 Å². The van der Waals surface area contributed by atoms with Gasteiger partial charge in [0.05, 0.1) is 0 Å². The topological polar surface area (TPSA) is 49.4 Å². The van der Waals surface area contributed by atoms with E-state index in [1.807, 2.05) is 0 Å². The van der Waals surface area contributed by atoms with Gasteiger partial charge >= 0.3 is 0 Å². The third kappa shape index (κ3) is 3.10. The Morgan fingerprint density at radius 2 is 1.59 bits per heavy atom. The van der Waals surface area contributed by atoms with Crippen molar-refractivity contribution < 1.29 is 14.0 Å². The molecule has 0 saturated carbocycles. The van der Waals surface area contributed by atoms with E-state index in [1.54, 1.807) is 30.3 Å².